The maximum Gasteiger partial charge on any atom is 0.142 e. The van der Waals surface area contributed by atoms with Crippen LogP contribution in [0.3, 0.4) is 0 Å². The Hall–Kier alpha value is -3.27. The number of nitrogen functional groups attached to an aromatic ring is 1. The summed E-state index contributed by atoms with van der Waals surface area (Å²) in [5, 5.41) is 7.48. The second-order valence-corrected chi connectivity index (χ2v) is 6.57. The van der Waals surface area contributed by atoms with Crippen molar-refractivity contribution in [2.45, 2.75) is 20.5 Å². The van der Waals surface area contributed by atoms with E-state index in [4.69, 9.17) is 10.6 Å². The Morgan fingerprint density at radius 3 is 2.37 bits per heavy atom. The third-order valence-corrected chi connectivity index (χ3v) is 4.46. The molecule has 0 saturated carbocycles. The average molecular weight is 359 g/mol. The summed E-state index contributed by atoms with van der Waals surface area (Å²) in [6.45, 7) is 4.48. The van der Waals surface area contributed by atoms with Gasteiger partial charge in [-0.3, -0.25) is 0 Å². The highest BCUT2D eigenvalue weighted by atomic mass is 16.6. The second-order valence-electron chi connectivity index (χ2n) is 6.57. The maximum absolute atomic E-state index is 5.71. The Bertz CT molecular complexity index is 929. The summed E-state index contributed by atoms with van der Waals surface area (Å²) >= 11 is 0. The molecule has 0 aliphatic rings. The van der Waals surface area contributed by atoms with E-state index in [1.54, 1.807) is 0 Å². The van der Waals surface area contributed by atoms with E-state index in [1.807, 2.05) is 38.2 Å². The molecule has 138 valence electrons. The monoisotopic (exact) mass is 359 g/mol. The molecule has 3 rings (SSSR count). The molecule has 0 aliphatic heterocycles. The van der Waals surface area contributed by atoms with Gasteiger partial charge in [-0.25, -0.2) is 0 Å². The molecular formula is C23H25N3O. The zero-order valence-corrected chi connectivity index (χ0v) is 16.0. The number of rotatable bonds is 6. The Balaban J connectivity index is 1.82. The van der Waals surface area contributed by atoms with Gasteiger partial charge in [-0.2, -0.15) is 0 Å². The molecular weight excluding hydrogens is 334 g/mol. The van der Waals surface area contributed by atoms with E-state index in [2.05, 4.69) is 59.9 Å². The van der Waals surface area contributed by atoms with Crippen LogP contribution >= 0.6 is 0 Å². The topological polar surface area (TPSA) is 59.6 Å². The van der Waals surface area contributed by atoms with Crippen molar-refractivity contribution in [3.63, 3.8) is 0 Å². The van der Waals surface area contributed by atoms with E-state index in [1.165, 1.54) is 5.56 Å². The van der Waals surface area contributed by atoms with Crippen LogP contribution in [-0.2, 0) is 11.4 Å². The van der Waals surface area contributed by atoms with Gasteiger partial charge in [-0.05, 0) is 54.8 Å². The number of oxime groups is 1. The standard InChI is InChI=1S/C23H25N3O/c1-16-4-13-22(23(14-16)19-7-11-21(25-3)12-8-19)17(2)26-27-15-18-5-9-20(24)10-6-18/h4-14,25H,15,24H2,1-3H3/b26-17+. The molecule has 4 nitrogen and oxygen atoms in total. The fourth-order valence-corrected chi connectivity index (χ4v) is 2.90. The van der Waals surface area contributed by atoms with Gasteiger partial charge in [-0.15, -0.1) is 0 Å². The zero-order valence-electron chi connectivity index (χ0n) is 16.0. The van der Waals surface area contributed by atoms with Gasteiger partial charge in [-0.1, -0.05) is 53.2 Å². The number of anilines is 2. The molecule has 0 bridgehead atoms. The molecule has 3 aromatic carbocycles. The number of benzene rings is 3. The summed E-state index contributed by atoms with van der Waals surface area (Å²) < 4.78 is 0. The van der Waals surface area contributed by atoms with Crippen molar-refractivity contribution >= 4 is 17.1 Å². The van der Waals surface area contributed by atoms with E-state index < -0.39 is 0 Å². The molecule has 0 atom stereocenters. The number of nitrogens with one attached hydrogen (secondary N) is 1. The van der Waals surface area contributed by atoms with E-state index in [0.717, 1.165) is 39.3 Å². The predicted octanol–water partition coefficient (Wildman–Crippen LogP) is 5.23. The SMILES string of the molecule is CNc1ccc(-c2cc(C)ccc2/C(C)=N/OCc2ccc(N)cc2)cc1. The maximum atomic E-state index is 5.71. The van der Waals surface area contributed by atoms with Crippen LogP contribution in [-0.4, -0.2) is 12.8 Å². The van der Waals surface area contributed by atoms with Crippen molar-refractivity contribution in [1.82, 2.24) is 0 Å². The predicted molar refractivity (Wildman–Crippen MR) is 114 cm³/mol. The lowest BCUT2D eigenvalue weighted by Gasteiger charge is -2.12. The molecule has 0 fully saturated rings. The van der Waals surface area contributed by atoms with Gasteiger partial charge in [0.1, 0.15) is 6.61 Å². The van der Waals surface area contributed by atoms with Crippen LogP contribution in [0.5, 0.6) is 0 Å². The van der Waals surface area contributed by atoms with Crippen molar-refractivity contribution < 1.29 is 4.84 Å². The highest BCUT2D eigenvalue weighted by Crippen LogP contribution is 2.27. The largest absolute Gasteiger partial charge is 0.399 e. The van der Waals surface area contributed by atoms with Crippen LogP contribution in [0.2, 0.25) is 0 Å². The number of nitrogens with two attached hydrogens (primary N) is 1. The average Bonchev–Trinajstić information content (AvgIpc) is 2.69. The van der Waals surface area contributed by atoms with Crippen LogP contribution in [0.25, 0.3) is 11.1 Å². The minimum Gasteiger partial charge on any atom is -0.399 e. The summed E-state index contributed by atoms with van der Waals surface area (Å²) in [4.78, 5) is 5.57. The lowest BCUT2D eigenvalue weighted by Crippen LogP contribution is -2.01. The molecule has 0 radical (unpaired) electrons. The van der Waals surface area contributed by atoms with Crippen LogP contribution in [0, 0.1) is 6.92 Å². The van der Waals surface area contributed by atoms with Gasteiger partial charge < -0.3 is 15.9 Å². The van der Waals surface area contributed by atoms with Crippen molar-refractivity contribution in [3.05, 3.63) is 83.4 Å². The fourth-order valence-electron chi connectivity index (χ4n) is 2.90. The lowest BCUT2D eigenvalue weighted by atomic mass is 9.95. The molecule has 0 amide bonds. The van der Waals surface area contributed by atoms with Gasteiger partial charge in [0.05, 0.1) is 5.71 Å². The Labute approximate surface area is 160 Å². The van der Waals surface area contributed by atoms with Gasteiger partial charge in [0.2, 0.25) is 0 Å². The quantitative estimate of drug-likeness (QED) is 0.360. The van der Waals surface area contributed by atoms with E-state index in [-0.39, 0.29) is 0 Å². The second kappa shape index (κ2) is 8.41. The van der Waals surface area contributed by atoms with E-state index in [9.17, 15) is 0 Å². The summed E-state index contributed by atoms with van der Waals surface area (Å²) in [5.41, 5.74) is 14.0. The number of hydrogen-bond acceptors (Lipinski definition) is 4. The van der Waals surface area contributed by atoms with Crippen LogP contribution in [0.1, 0.15) is 23.6 Å². The Morgan fingerprint density at radius 1 is 1.00 bits per heavy atom. The molecule has 0 unspecified atom stereocenters. The number of hydrogen-bond donors (Lipinski definition) is 2. The molecule has 0 heterocycles. The number of aryl methyl sites for hydroxylation is 1. The minimum atomic E-state index is 0.412. The zero-order chi connectivity index (χ0) is 19.2. The van der Waals surface area contributed by atoms with Crippen LogP contribution in [0.4, 0.5) is 11.4 Å². The minimum absolute atomic E-state index is 0.412. The smallest absolute Gasteiger partial charge is 0.142 e. The molecule has 0 aromatic heterocycles. The van der Waals surface area contributed by atoms with Crippen molar-refractivity contribution in [2.24, 2.45) is 5.16 Å². The summed E-state index contributed by atoms with van der Waals surface area (Å²) in [6.07, 6.45) is 0. The molecule has 0 spiro atoms. The van der Waals surface area contributed by atoms with Gasteiger partial charge in [0, 0.05) is 24.0 Å². The fraction of sp³-hybridized carbons (Fsp3) is 0.174. The van der Waals surface area contributed by atoms with Gasteiger partial charge in [0.25, 0.3) is 0 Å². The molecule has 3 aromatic rings. The van der Waals surface area contributed by atoms with Crippen LogP contribution < -0.4 is 11.1 Å². The molecule has 4 heteroatoms. The van der Waals surface area contributed by atoms with Crippen molar-refractivity contribution in [2.75, 3.05) is 18.1 Å². The summed E-state index contributed by atoms with van der Waals surface area (Å²) in [7, 11) is 1.92. The van der Waals surface area contributed by atoms with Gasteiger partial charge in [0.15, 0.2) is 0 Å². The lowest BCUT2D eigenvalue weighted by molar-refractivity contribution is 0.130. The van der Waals surface area contributed by atoms with E-state index >= 15 is 0 Å². The first kappa shape index (κ1) is 18.5. The highest BCUT2D eigenvalue weighted by Gasteiger charge is 2.09. The summed E-state index contributed by atoms with van der Waals surface area (Å²) in [5.74, 6) is 0. The highest BCUT2D eigenvalue weighted by molar-refractivity contribution is 6.04. The normalized spacial score (nSPS) is 11.3. The Morgan fingerprint density at radius 2 is 1.70 bits per heavy atom. The van der Waals surface area contributed by atoms with E-state index in [0.29, 0.717) is 6.61 Å². The Kier molecular flexibility index (Phi) is 5.77. The first-order valence-electron chi connectivity index (χ1n) is 8.97. The van der Waals surface area contributed by atoms with Crippen molar-refractivity contribution in [1.29, 1.82) is 0 Å². The molecule has 3 N–H and O–H groups in total. The first-order chi connectivity index (χ1) is 13.1. The molecule has 0 saturated heterocycles. The molecule has 0 aliphatic carbocycles. The molecule has 27 heavy (non-hydrogen) atoms. The number of nitrogens with zero attached hydrogens (tertiary/aromatic N) is 1. The summed E-state index contributed by atoms with van der Waals surface area (Å²) in [6, 6.07) is 22.4. The van der Waals surface area contributed by atoms with Crippen LogP contribution in [0.15, 0.2) is 71.9 Å². The third-order valence-electron chi connectivity index (χ3n) is 4.46. The third kappa shape index (κ3) is 4.67. The first-order valence-corrected chi connectivity index (χ1v) is 8.97. The van der Waals surface area contributed by atoms with Crippen molar-refractivity contribution in [3.8, 4) is 11.1 Å². The van der Waals surface area contributed by atoms with Gasteiger partial charge >= 0.3 is 0 Å².